The molecule has 2 heterocycles. The Bertz CT molecular complexity index is 563. The molecule has 18 heavy (non-hydrogen) atoms. The molecule has 92 valence electrons. The number of fused-ring (bicyclic) bond motifs is 1. The molecule has 0 radical (unpaired) electrons. The summed E-state index contributed by atoms with van der Waals surface area (Å²) in [5, 5.41) is 8.35. The van der Waals surface area contributed by atoms with Gasteiger partial charge in [0.15, 0.2) is 5.82 Å². The largest absolute Gasteiger partial charge is 0.398 e. The lowest BCUT2D eigenvalue weighted by Gasteiger charge is -2.30. The number of nitrogens with zero attached hydrogens (tertiary/aromatic N) is 3. The average molecular weight is 240 g/mol. The molecule has 0 aliphatic carbocycles. The Hall–Kier alpha value is -2.10. The van der Waals surface area contributed by atoms with Crippen LogP contribution in [0.4, 0.5) is 11.5 Å². The minimum absolute atomic E-state index is 0.859. The fraction of sp³-hybridized carbons (Fsp3) is 0.286. The van der Waals surface area contributed by atoms with Gasteiger partial charge in [-0.3, -0.25) is 0 Å². The summed E-state index contributed by atoms with van der Waals surface area (Å²) in [4.78, 5) is 2.24. The molecule has 4 heteroatoms. The molecular formula is C14H16N4. The number of hydrogen-bond acceptors (Lipinski definition) is 4. The Labute approximate surface area is 106 Å². The molecule has 0 bridgehead atoms. The van der Waals surface area contributed by atoms with Crippen LogP contribution >= 0.6 is 0 Å². The van der Waals surface area contributed by atoms with Crippen molar-refractivity contribution in [2.45, 2.75) is 19.9 Å². The lowest BCUT2D eigenvalue weighted by Crippen LogP contribution is -2.31. The predicted octanol–water partition coefficient (Wildman–Crippen LogP) is 1.93. The number of rotatable bonds is 1. The summed E-state index contributed by atoms with van der Waals surface area (Å²) in [5.74, 6) is 0.939. The second-order valence-electron chi connectivity index (χ2n) is 4.69. The highest BCUT2D eigenvalue weighted by Crippen LogP contribution is 2.26. The normalized spacial score (nSPS) is 14.4. The number of anilines is 2. The number of benzene rings is 1. The van der Waals surface area contributed by atoms with Crippen molar-refractivity contribution in [2.75, 3.05) is 17.2 Å². The van der Waals surface area contributed by atoms with Crippen LogP contribution in [0.25, 0.3) is 0 Å². The van der Waals surface area contributed by atoms with Crippen LogP contribution in [0.2, 0.25) is 0 Å². The van der Waals surface area contributed by atoms with Crippen molar-refractivity contribution >= 4 is 11.5 Å². The van der Waals surface area contributed by atoms with Crippen LogP contribution in [0.5, 0.6) is 0 Å². The maximum Gasteiger partial charge on any atom is 0.151 e. The highest BCUT2D eigenvalue weighted by Gasteiger charge is 2.18. The van der Waals surface area contributed by atoms with Gasteiger partial charge in [-0.15, -0.1) is 5.10 Å². The zero-order valence-corrected chi connectivity index (χ0v) is 10.4. The molecule has 1 aromatic carbocycles. The third-order valence-electron chi connectivity index (χ3n) is 3.41. The molecule has 1 aliphatic heterocycles. The summed E-state index contributed by atoms with van der Waals surface area (Å²) in [7, 11) is 0. The molecular weight excluding hydrogens is 224 g/mol. The van der Waals surface area contributed by atoms with Crippen LogP contribution in [0.1, 0.15) is 16.8 Å². The fourth-order valence-corrected chi connectivity index (χ4v) is 2.40. The highest BCUT2D eigenvalue weighted by atomic mass is 15.3. The Kier molecular flexibility index (Phi) is 2.63. The highest BCUT2D eigenvalue weighted by molar-refractivity contribution is 5.54. The maximum absolute atomic E-state index is 6.00. The van der Waals surface area contributed by atoms with Gasteiger partial charge in [-0.2, -0.15) is 5.10 Å². The van der Waals surface area contributed by atoms with Crippen molar-refractivity contribution in [1.82, 2.24) is 10.2 Å². The molecule has 0 amide bonds. The van der Waals surface area contributed by atoms with E-state index in [1.165, 1.54) is 11.1 Å². The third-order valence-corrected chi connectivity index (χ3v) is 3.41. The zero-order valence-electron chi connectivity index (χ0n) is 10.4. The molecule has 0 unspecified atom stereocenters. The van der Waals surface area contributed by atoms with Crippen LogP contribution < -0.4 is 10.6 Å². The Morgan fingerprint density at radius 1 is 1.17 bits per heavy atom. The summed E-state index contributed by atoms with van der Waals surface area (Å²) >= 11 is 0. The van der Waals surface area contributed by atoms with Crippen molar-refractivity contribution in [3.63, 3.8) is 0 Å². The van der Waals surface area contributed by atoms with Crippen molar-refractivity contribution in [3.8, 4) is 0 Å². The van der Waals surface area contributed by atoms with Gasteiger partial charge in [0.2, 0.25) is 0 Å². The minimum Gasteiger partial charge on any atom is -0.398 e. The summed E-state index contributed by atoms with van der Waals surface area (Å²) in [6.07, 6.45) is 0.970. The average Bonchev–Trinajstić information content (AvgIpc) is 2.39. The van der Waals surface area contributed by atoms with E-state index in [2.05, 4.69) is 21.2 Å². The van der Waals surface area contributed by atoms with E-state index in [1.54, 1.807) is 0 Å². The first kappa shape index (κ1) is 11.0. The molecule has 0 saturated carbocycles. The summed E-state index contributed by atoms with van der Waals surface area (Å²) in [5.41, 5.74) is 10.4. The van der Waals surface area contributed by atoms with Gasteiger partial charge in [-0.05, 0) is 42.7 Å². The van der Waals surface area contributed by atoms with Crippen molar-refractivity contribution in [1.29, 1.82) is 0 Å². The van der Waals surface area contributed by atoms with E-state index in [4.69, 9.17) is 5.73 Å². The SMILES string of the molecule is Cc1ccc(N2CCc3c(N)cccc3C2)nn1. The molecule has 0 spiro atoms. The molecule has 3 rings (SSSR count). The van der Waals surface area contributed by atoms with E-state index in [0.29, 0.717) is 0 Å². The molecule has 2 N–H and O–H groups in total. The topological polar surface area (TPSA) is 55.0 Å². The first-order valence-corrected chi connectivity index (χ1v) is 6.15. The first-order chi connectivity index (χ1) is 8.74. The van der Waals surface area contributed by atoms with E-state index in [0.717, 1.165) is 36.7 Å². The Balaban J connectivity index is 1.89. The molecule has 1 aromatic heterocycles. The van der Waals surface area contributed by atoms with E-state index >= 15 is 0 Å². The van der Waals surface area contributed by atoms with E-state index < -0.39 is 0 Å². The quantitative estimate of drug-likeness (QED) is 0.774. The summed E-state index contributed by atoms with van der Waals surface area (Å²) in [6, 6.07) is 10.1. The Morgan fingerprint density at radius 2 is 2.06 bits per heavy atom. The molecule has 0 saturated heterocycles. The molecule has 4 nitrogen and oxygen atoms in total. The second kappa shape index (κ2) is 4.29. The van der Waals surface area contributed by atoms with E-state index in [9.17, 15) is 0 Å². The van der Waals surface area contributed by atoms with Crippen LogP contribution in [-0.4, -0.2) is 16.7 Å². The smallest absolute Gasteiger partial charge is 0.151 e. The minimum atomic E-state index is 0.859. The van der Waals surface area contributed by atoms with Gasteiger partial charge in [0, 0.05) is 18.8 Å². The number of hydrogen-bond donors (Lipinski definition) is 1. The zero-order chi connectivity index (χ0) is 12.5. The third kappa shape index (κ3) is 1.90. The van der Waals surface area contributed by atoms with Crippen LogP contribution in [-0.2, 0) is 13.0 Å². The molecule has 2 aromatic rings. The van der Waals surface area contributed by atoms with Gasteiger partial charge >= 0.3 is 0 Å². The van der Waals surface area contributed by atoms with Crippen molar-refractivity contribution in [3.05, 3.63) is 47.2 Å². The predicted molar refractivity (Wildman–Crippen MR) is 72.4 cm³/mol. The first-order valence-electron chi connectivity index (χ1n) is 6.15. The summed E-state index contributed by atoms with van der Waals surface area (Å²) in [6.45, 7) is 3.75. The lowest BCUT2D eigenvalue weighted by molar-refractivity contribution is 0.712. The van der Waals surface area contributed by atoms with Gasteiger partial charge in [0.25, 0.3) is 0 Å². The van der Waals surface area contributed by atoms with Gasteiger partial charge in [0.05, 0.1) is 5.69 Å². The molecule has 1 aliphatic rings. The maximum atomic E-state index is 6.00. The van der Waals surface area contributed by atoms with Crippen molar-refractivity contribution in [2.24, 2.45) is 0 Å². The van der Waals surface area contributed by atoms with E-state index in [1.807, 2.05) is 31.2 Å². The number of nitrogens with two attached hydrogens (primary N) is 1. The monoisotopic (exact) mass is 240 g/mol. The van der Waals surface area contributed by atoms with Gasteiger partial charge in [-0.1, -0.05) is 12.1 Å². The van der Waals surface area contributed by atoms with Crippen LogP contribution in [0.3, 0.4) is 0 Å². The molecule has 0 atom stereocenters. The number of aryl methyl sites for hydroxylation is 1. The van der Waals surface area contributed by atoms with E-state index in [-0.39, 0.29) is 0 Å². The lowest BCUT2D eigenvalue weighted by atomic mass is 9.98. The van der Waals surface area contributed by atoms with Crippen molar-refractivity contribution < 1.29 is 0 Å². The number of aromatic nitrogens is 2. The fourth-order valence-electron chi connectivity index (χ4n) is 2.40. The summed E-state index contributed by atoms with van der Waals surface area (Å²) < 4.78 is 0. The van der Waals surface area contributed by atoms with Crippen LogP contribution in [0.15, 0.2) is 30.3 Å². The van der Waals surface area contributed by atoms with Gasteiger partial charge in [-0.25, -0.2) is 0 Å². The second-order valence-corrected chi connectivity index (χ2v) is 4.69. The standard InChI is InChI=1S/C14H16N4/c1-10-5-6-14(17-16-10)18-8-7-12-11(9-18)3-2-4-13(12)15/h2-6H,7-9,15H2,1H3. The molecule has 0 fully saturated rings. The number of nitrogen functional groups attached to an aromatic ring is 1. The van der Waals surface area contributed by atoms with Crippen LogP contribution in [0, 0.1) is 6.92 Å². The Morgan fingerprint density at radius 3 is 2.83 bits per heavy atom. The van der Waals surface area contributed by atoms with Gasteiger partial charge in [0.1, 0.15) is 0 Å². The van der Waals surface area contributed by atoms with Gasteiger partial charge < -0.3 is 10.6 Å².